The van der Waals surface area contributed by atoms with Gasteiger partial charge >= 0.3 is 0 Å². The minimum atomic E-state index is -0.784. The molecule has 0 saturated carbocycles. The Kier molecular flexibility index (Phi) is 7.90. The van der Waals surface area contributed by atoms with E-state index in [9.17, 15) is 19.5 Å². The molecule has 2 bridgehead atoms. The highest BCUT2D eigenvalue weighted by Gasteiger charge is 2.77. The number of nitrogens with one attached hydrogen (secondary N) is 2. The number of nitrogens with zero attached hydrogens (tertiary/aromatic N) is 2. The van der Waals surface area contributed by atoms with Crippen molar-refractivity contribution in [2.45, 2.75) is 68.7 Å². The number of hydrogen-bond donors (Lipinski definition) is 3. The molecule has 0 radical (unpaired) electrons. The molecular weight excluding hydrogens is 524 g/mol. The lowest BCUT2D eigenvalue weighted by Gasteiger charge is -2.36. The van der Waals surface area contributed by atoms with Crippen LogP contribution < -0.4 is 15.5 Å². The van der Waals surface area contributed by atoms with Crippen molar-refractivity contribution in [1.29, 1.82) is 0 Å². The normalized spacial score (nSPS) is 29.3. The molecule has 8 nitrogen and oxygen atoms in total. The molecule has 214 valence electrons. The zero-order valence-corrected chi connectivity index (χ0v) is 24.5. The van der Waals surface area contributed by atoms with E-state index in [0.29, 0.717) is 18.7 Å². The number of carbonyl (C=O) groups is 3. The van der Waals surface area contributed by atoms with Gasteiger partial charge in [-0.25, -0.2) is 0 Å². The molecule has 3 heterocycles. The monoisotopic (exact) mass is 564 g/mol. The highest BCUT2D eigenvalue weighted by molar-refractivity contribution is 8.02. The summed E-state index contributed by atoms with van der Waals surface area (Å²) in [6, 6.07) is 16.1. The number of carbonyl (C=O) groups excluding carboxylic acids is 3. The van der Waals surface area contributed by atoms with E-state index >= 15 is 0 Å². The van der Waals surface area contributed by atoms with Gasteiger partial charge in [0.25, 0.3) is 0 Å². The molecule has 6 atom stereocenters. The first-order chi connectivity index (χ1) is 19.2. The second kappa shape index (κ2) is 11.1. The highest BCUT2D eigenvalue weighted by Crippen LogP contribution is 2.71. The number of benzene rings is 2. The van der Waals surface area contributed by atoms with Crippen molar-refractivity contribution in [1.82, 2.24) is 10.2 Å². The first-order valence-corrected chi connectivity index (χ1v) is 15.1. The number of thioether (sulfide) groups is 1. The van der Waals surface area contributed by atoms with Crippen molar-refractivity contribution in [2.75, 3.05) is 29.9 Å². The largest absolute Gasteiger partial charge is 0.394 e. The molecular formula is C31H40N4O4S. The summed E-state index contributed by atoms with van der Waals surface area (Å²) in [4.78, 5) is 45.6. The van der Waals surface area contributed by atoms with E-state index in [2.05, 4.69) is 36.3 Å². The van der Waals surface area contributed by atoms with Crippen LogP contribution in [-0.2, 0) is 20.9 Å². The number of aliphatic hydroxyl groups is 1. The summed E-state index contributed by atoms with van der Waals surface area (Å²) < 4.78 is -1.17. The predicted molar refractivity (Wildman–Crippen MR) is 159 cm³/mol. The number of anilines is 2. The fourth-order valence-corrected chi connectivity index (χ4v) is 9.42. The topological polar surface area (TPSA) is 102 Å². The third-order valence-electron chi connectivity index (χ3n) is 9.06. The minimum absolute atomic E-state index is 0.150. The van der Waals surface area contributed by atoms with Crippen molar-refractivity contribution in [3.63, 3.8) is 0 Å². The van der Waals surface area contributed by atoms with E-state index in [1.54, 1.807) is 23.6 Å². The number of hydrogen-bond acceptors (Lipinski definition) is 6. The fraction of sp³-hybridized carbons (Fsp3) is 0.516. The molecule has 3 N–H and O–H groups in total. The third kappa shape index (κ3) is 4.67. The summed E-state index contributed by atoms with van der Waals surface area (Å²) in [7, 11) is 0. The van der Waals surface area contributed by atoms with Gasteiger partial charge in [0, 0.05) is 35.8 Å². The number of fused-ring (bicyclic) bond motifs is 1. The lowest BCUT2D eigenvalue weighted by molar-refractivity contribution is -0.142. The van der Waals surface area contributed by atoms with Crippen LogP contribution in [0.5, 0.6) is 0 Å². The van der Waals surface area contributed by atoms with Gasteiger partial charge in [0.2, 0.25) is 17.7 Å². The van der Waals surface area contributed by atoms with E-state index in [-0.39, 0.29) is 24.3 Å². The summed E-state index contributed by atoms with van der Waals surface area (Å²) >= 11 is 1.63. The molecule has 2 aromatic carbocycles. The molecule has 2 unspecified atom stereocenters. The Bertz CT molecular complexity index is 1250. The summed E-state index contributed by atoms with van der Waals surface area (Å²) in [5.41, 5.74) is 2.73. The Balaban J connectivity index is 1.42. The van der Waals surface area contributed by atoms with Crippen molar-refractivity contribution in [3.8, 4) is 0 Å². The number of amides is 3. The average molecular weight is 565 g/mol. The molecule has 3 saturated heterocycles. The maximum Gasteiger partial charge on any atom is 0.248 e. The van der Waals surface area contributed by atoms with Gasteiger partial charge in [-0.05, 0) is 70.4 Å². The molecule has 0 aromatic heterocycles. The predicted octanol–water partition coefficient (Wildman–Crippen LogP) is 3.65. The molecule has 3 aliphatic rings. The summed E-state index contributed by atoms with van der Waals surface area (Å²) in [6.07, 6.45) is 1.41. The molecule has 9 heteroatoms. The van der Waals surface area contributed by atoms with E-state index < -0.39 is 33.4 Å². The van der Waals surface area contributed by atoms with Crippen LogP contribution in [0.1, 0.15) is 46.1 Å². The molecule has 40 heavy (non-hydrogen) atoms. The van der Waals surface area contributed by atoms with Gasteiger partial charge in [0.05, 0.1) is 29.2 Å². The van der Waals surface area contributed by atoms with E-state index in [4.69, 9.17) is 0 Å². The van der Waals surface area contributed by atoms with Crippen molar-refractivity contribution in [3.05, 3.63) is 60.2 Å². The van der Waals surface area contributed by atoms with E-state index in [0.717, 1.165) is 30.8 Å². The van der Waals surface area contributed by atoms with Crippen LogP contribution in [-0.4, -0.2) is 69.0 Å². The zero-order valence-electron chi connectivity index (χ0n) is 23.7. The molecule has 1 spiro atoms. The Morgan fingerprint density at radius 2 is 1.75 bits per heavy atom. The number of aliphatic hydroxyl groups excluding tert-OH is 1. The van der Waals surface area contributed by atoms with Crippen molar-refractivity contribution >= 4 is 40.9 Å². The quantitative estimate of drug-likeness (QED) is 0.407. The van der Waals surface area contributed by atoms with E-state index in [1.165, 1.54) is 0 Å². The maximum absolute atomic E-state index is 14.1. The van der Waals surface area contributed by atoms with Gasteiger partial charge in [0.15, 0.2) is 0 Å². The van der Waals surface area contributed by atoms with Gasteiger partial charge in [-0.15, -0.1) is 11.8 Å². The smallest absolute Gasteiger partial charge is 0.248 e. The lowest BCUT2D eigenvalue weighted by Crippen LogP contribution is -2.54. The van der Waals surface area contributed by atoms with E-state index in [1.807, 2.05) is 54.6 Å². The van der Waals surface area contributed by atoms with Crippen LogP contribution in [0.4, 0.5) is 11.4 Å². The maximum atomic E-state index is 14.1. The average Bonchev–Trinajstić information content (AvgIpc) is 3.54. The standard InChI is InChI=1S/C31H40N4O4S/c1-5-34(6-2)23-14-12-22(13-15-23)33-28(38)26-31-17-16-30(4,40-31)24(25(31)29(39)35(26)20(3)19-36)27(37)32-18-21-10-8-7-9-11-21/h7-15,20,24-26,36H,5-6,16-19H2,1-4H3,(H,32,37)(H,33,38)/t20-,24-,25+,26?,30+,31?/m1/s1. The van der Waals surface area contributed by atoms with Crippen LogP contribution in [0.3, 0.4) is 0 Å². The molecule has 2 aromatic rings. The van der Waals surface area contributed by atoms with Gasteiger partial charge in [-0.1, -0.05) is 30.3 Å². The first-order valence-electron chi connectivity index (χ1n) is 14.3. The minimum Gasteiger partial charge on any atom is -0.394 e. The van der Waals surface area contributed by atoms with Crippen LogP contribution in [0.25, 0.3) is 0 Å². The molecule has 0 aliphatic carbocycles. The third-order valence-corrected chi connectivity index (χ3v) is 11.0. The Labute approximate surface area is 240 Å². The molecule has 5 rings (SSSR count). The zero-order chi connectivity index (χ0) is 28.7. The second-order valence-corrected chi connectivity index (χ2v) is 13.3. The number of rotatable bonds is 10. The fourth-order valence-electron chi connectivity index (χ4n) is 7.08. The lowest BCUT2D eigenvalue weighted by atomic mass is 9.66. The number of likely N-dealkylation sites (tertiary alicyclic amines) is 1. The highest BCUT2D eigenvalue weighted by atomic mass is 32.2. The van der Waals surface area contributed by atoms with Crippen LogP contribution in [0.2, 0.25) is 0 Å². The van der Waals surface area contributed by atoms with Gasteiger partial charge in [-0.3, -0.25) is 14.4 Å². The van der Waals surface area contributed by atoms with Gasteiger partial charge < -0.3 is 25.5 Å². The summed E-state index contributed by atoms with van der Waals surface area (Å²) in [5.74, 6) is -1.81. The summed E-state index contributed by atoms with van der Waals surface area (Å²) in [6.45, 7) is 9.93. The molecule has 3 fully saturated rings. The van der Waals surface area contributed by atoms with Crippen LogP contribution in [0, 0.1) is 11.8 Å². The Morgan fingerprint density at radius 1 is 1.07 bits per heavy atom. The summed E-state index contributed by atoms with van der Waals surface area (Å²) in [5, 5.41) is 16.2. The van der Waals surface area contributed by atoms with Crippen LogP contribution >= 0.6 is 11.8 Å². The van der Waals surface area contributed by atoms with Crippen molar-refractivity contribution < 1.29 is 19.5 Å². The first kappa shape index (κ1) is 28.5. The van der Waals surface area contributed by atoms with Gasteiger partial charge in [0.1, 0.15) is 6.04 Å². The Hall–Kier alpha value is -3.04. The molecule has 3 aliphatic heterocycles. The SMILES string of the molecule is CCN(CC)c1ccc(NC(=O)C2N([C@H](C)CO)C(=O)[C@@H]3[C@H](C(=O)NCc4ccccc4)[C@]4(C)CCC23S4)cc1. The second-order valence-electron chi connectivity index (χ2n) is 11.4. The molecule has 3 amide bonds. The Morgan fingerprint density at radius 3 is 2.38 bits per heavy atom. The van der Waals surface area contributed by atoms with Gasteiger partial charge in [-0.2, -0.15) is 0 Å². The van der Waals surface area contributed by atoms with Crippen LogP contribution in [0.15, 0.2) is 54.6 Å². The van der Waals surface area contributed by atoms with Crippen molar-refractivity contribution in [2.24, 2.45) is 11.8 Å².